The van der Waals surface area contributed by atoms with Gasteiger partial charge in [0.05, 0.1) is 11.3 Å². The molecule has 2 aliphatic heterocycles. The largest absolute Gasteiger partial charge is 0.512 e. The standard InChI is InChI=1S/C17H18BrNO3/c1-9(20)14-15-11-8-10(18)5-6-13(11)22-17(19-16(14)21)7-3-2-4-12(15)17/h5-6,8,12,15,20H,2-4,7H2,1H3,(H,19,21)/b14-9-/t12-,15+,17+/m0/s1. The number of fused-ring (bicyclic) bond motifs is 2. The first-order valence-corrected chi connectivity index (χ1v) is 8.52. The minimum Gasteiger partial charge on any atom is -0.512 e. The van der Waals surface area contributed by atoms with Crippen LogP contribution in [0.4, 0.5) is 0 Å². The van der Waals surface area contributed by atoms with Crippen molar-refractivity contribution in [1.29, 1.82) is 0 Å². The lowest BCUT2D eigenvalue weighted by molar-refractivity contribution is -0.140. The first-order valence-electron chi connectivity index (χ1n) is 7.72. The van der Waals surface area contributed by atoms with E-state index in [1.54, 1.807) is 6.92 Å². The minimum absolute atomic E-state index is 0.0969. The number of hydrogen-bond acceptors (Lipinski definition) is 3. The molecule has 0 spiro atoms. The number of hydrogen-bond donors (Lipinski definition) is 2. The van der Waals surface area contributed by atoms with Crippen LogP contribution in [0.5, 0.6) is 5.75 Å². The maximum atomic E-state index is 12.6. The van der Waals surface area contributed by atoms with E-state index in [-0.39, 0.29) is 23.5 Å². The maximum Gasteiger partial charge on any atom is 0.254 e. The lowest BCUT2D eigenvalue weighted by atomic mass is 9.64. The van der Waals surface area contributed by atoms with Crippen LogP contribution in [0.15, 0.2) is 34.0 Å². The molecule has 116 valence electrons. The first kappa shape index (κ1) is 14.1. The van der Waals surface area contributed by atoms with Gasteiger partial charge >= 0.3 is 0 Å². The second-order valence-electron chi connectivity index (χ2n) is 6.46. The van der Waals surface area contributed by atoms with E-state index in [2.05, 4.69) is 21.2 Å². The number of benzene rings is 1. The fraction of sp³-hybridized carbons (Fsp3) is 0.471. The van der Waals surface area contributed by atoms with Gasteiger partial charge in [-0.25, -0.2) is 0 Å². The van der Waals surface area contributed by atoms with Crippen LogP contribution in [0, 0.1) is 5.92 Å². The second-order valence-corrected chi connectivity index (χ2v) is 7.37. The van der Waals surface area contributed by atoms with Crippen molar-refractivity contribution < 1.29 is 14.6 Å². The Morgan fingerprint density at radius 2 is 2.27 bits per heavy atom. The first-order chi connectivity index (χ1) is 10.5. The summed E-state index contributed by atoms with van der Waals surface area (Å²) in [4.78, 5) is 12.6. The van der Waals surface area contributed by atoms with Crippen molar-refractivity contribution in [2.45, 2.75) is 44.2 Å². The molecule has 5 heteroatoms. The SMILES string of the molecule is C/C(O)=C1/C(=O)N[C@@]23CCCC[C@H]2[C@H]1c1cc(Br)ccc1O3. The summed E-state index contributed by atoms with van der Waals surface area (Å²) in [5.41, 5.74) is 0.875. The van der Waals surface area contributed by atoms with E-state index in [4.69, 9.17) is 4.74 Å². The number of nitrogens with one attached hydrogen (secondary N) is 1. The summed E-state index contributed by atoms with van der Waals surface area (Å²) < 4.78 is 7.25. The van der Waals surface area contributed by atoms with Crippen LogP contribution < -0.4 is 10.1 Å². The highest BCUT2D eigenvalue weighted by atomic mass is 79.9. The Kier molecular flexibility index (Phi) is 3.05. The number of carbonyl (C=O) groups is 1. The van der Waals surface area contributed by atoms with Crippen molar-refractivity contribution in [3.05, 3.63) is 39.6 Å². The molecule has 1 aromatic carbocycles. The number of halogens is 1. The van der Waals surface area contributed by atoms with Crippen LogP contribution in [-0.2, 0) is 4.79 Å². The smallest absolute Gasteiger partial charge is 0.254 e. The molecule has 1 saturated heterocycles. The number of piperidine rings is 1. The predicted molar refractivity (Wildman–Crippen MR) is 85.7 cm³/mol. The van der Waals surface area contributed by atoms with Crippen LogP contribution in [-0.4, -0.2) is 16.7 Å². The van der Waals surface area contributed by atoms with E-state index in [0.717, 1.165) is 41.5 Å². The van der Waals surface area contributed by atoms with Gasteiger partial charge in [-0.3, -0.25) is 4.79 Å². The Morgan fingerprint density at radius 1 is 1.45 bits per heavy atom. The van der Waals surface area contributed by atoms with E-state index in [1.165, 1.54) is 0 Å². The average Bonchev–Trinajstić information content (AvgIpc) is 2.46. The summed E-state index contributed by atoms with van der Waals surface area (Å²) >= 11 is 3.50. The van der Waals surface area contributed by atoms with Gasteiger partial charge in [0.25, 0.3) is 5.91 Å². The molecule has 1 saturated carbocycles. The Balaban J connectivity index is 1.97. The predicted octanol–water partition coefficient (Wildman–Crippen LogP) is 3.77. The summed E-state index contributed by atoms with van der Waals surface area (Å²) in [6.07, 6.45) is 4.00. The van der Waals surface area contributed by atoms with Crippen LogP contribution in [0.3, 0.4) is 0 Å². The molecule has 1 aliphatic carbocycles. The van der Waals surface area contributed by atoms with Gasteiger partial charge in [-0.15, -0.1) is 0 Å². The van der Waals surface area contributed by atoms with E-state index in [1.807, 2.05) is 18.2 Å². The third-order valence-corrected chi connectivity index (χ3v) is 5.68. The molecule has 2 fully saturated rings. The topological polar surface area (TPSA) is 58.6 Å². The molecule has 22 heavy (non-hydrogen) atoms. The highest BCUT2D eigenvalue weighted by molar-refractivity contribution is 9.10. The van der Waals surface area contributed by atoms with Gasteiger partial charge in [0.15, 0.2) is 5.72 Å². The zero-order chi connectivity index (χ0) is 15.5. The number of allylic oxidation sites excluding steroid dienone is 1. The average molecular weight is 364 g/mol. The molecule has 1 aromatic rings. The Labute approximate surface area is 137 Å². The van der Waals surface area contributed by atoms with Gasteiger partial charge in [-0.05, 0) is 38.0 Å². The molecule has 4 rings (SSSR count). The van der Waals surface area contributed by atoms with Crippen molar-refractivity contribution in [1.82, 2.24) is 5.32 Å². The summed E-state index contributed by atoms with van der Waals surface area (Å²) in [6.45, 7) is 1.60. The molecule has 3 atom stereocenters. The van der Waals surface area contributed by atoms with Crippen molar-refractivity contribution in [3.63, 3.8) is 0 Å². The fourth-order valence-corrected chi connectivity index (χ4v) is 4.71. The quantitative estimate of drug-likeness (QED) is 0.544. The Morgan fingerprint density at radius 3 is 3.05 bits per heavy atom. The normalized spacial score (nSPS) is 34.9. The lowest BCUT2D eigenvalue weighted by Crippen LogP contribution is -2.66. The van der Waals surface area contributed by atoms with Crippen molar-refractivity contribution in [2.75, 3.05) is 0 Å². The number of amides is 1. The molecule has 2 bridgehead atoms. The van der Waals surface area contributed by atoms with Gasteiger partial charge in [0.2, 0.25) is 0 Å². The van der Waals surface area contributed by atoms with Gasteiger partial charge in [0, 0.05) is 28.3 Å². The molecule has 4 nitrogen and oxygen atoms in total. The van der Waals surface area contributed by atoms with Crippen LogP contribution in [0.2, 0.25) is 0 Å². The Bertz CT molecular complexity index is 695. The summed E-state index contributed by atoms with van der Waals surface area (Å²) in [5, 5.41) is 13.2. The van der Waals surface area contributed by atoms with Crippen LogP contribution in [0.25, 0.3) is 0 Å². The molecule has 0 unspecified atom stereocenters. The fourth-order valence-electron chi connectivity index (χ4n) is 4.33. The number of rotatable bonds is 0. The molecule has 0 radical (unpaired) electrons. The molecule has 3 aliphatic rings. The Hall–Kier alpha value is -1.49. The second kappa shape index (κ2) is 4.75. The molecule has 0 aromatic heterocycles. The highest BCUT2D eigenvalue weighted by Gasteiger charge is 2.57. The van der Waals surface area contributed by atoms with Gasteiger partial charge in [0.1, 0.15) is 5.75 Å². The van der Waals surface area contributed by atoms with Crippen LogP contribution >= 0.6 is 15.9 Å². The number of carbonyl (C=O) groups excluding carboxylic acids is 1. The third kappa shape index (κ3) is 1.84. The monoisotopic (exact) mass is 363 g/mol. The van der Waals surface area contributed by atoms with Crippen molar-refractivity contribution in [3.8, 4) is 5.75 Å². The summed E-state index contributed by atoms with van der Waals surface area (Å²) in [7, 11) is 0. The van der Waals surface area contributed by atoms with Gasteiger partial charge in [-0.1, -0.05) is 22.4 Å². The zero-order valence-corrected chi connectivity index (χ0v) is 13.9. The van der Waals surface area contributed by atoms with Crippen molar-refractivity contribution in [2.24, 2.45) is 5.92 Å². The van der Waals surface area contributed by atoms with E-state index in [9.17, 15) is 9.90 Å². The lowest BCUT2D eigenvalue weighted by Gasteiger charge is -2.54. The zero-order valence-electron chi connectivity index (χ0n) is 12.4. The molecular weight excluding hydrogens is 346 g/mol. The minimum atomic E-state index is -0.611. The number of aliphatic hydroxyl groups excluding tert-OH is 1. The number of aliphatic hydroxyl groups is 1. The molecule has 2 heterocycles. The van der Waals surface area contributed by atoms with Crippen molar-refractivity contribution >= 4 is 21.8 Å². The highest BCUT2D eigenvalue weighted by Crippen LogP contribution is 2.56. The van der Waals surface area contributed by atoms with E-state index in [0.29, 0.717) is 5.57 Å². The van der Waals surface area contributed by atoms with E-state index < -0.39 is 5.72 Å². The third-order valence-electron chi connectivity index (χ3n) is 5.18. The molecular formula is C17H18BrNO3. The number of ether oxygens (including phenoxy) is 1. The van der Waals surface area contributed by atoms with Gasteiger partial charge in [-0.2, -0.15) is 0 Å². The molecule has 2 N–H and O–H groups in total. The summed E-state index contributed by atoms with van der Waals surface area (Å²) in [6, 6.07) is 5.91. The van der Waals surface area contributed by atoms with E-state index >= 15 is 0 Å². The molecule has 1 amide bonds. The maximum absolute atomic E-state index is 12.6. The van der Waals surface area contributed by atoms with Gasteiger partial charge < -0.3 is 15.2 Å². The summed E-state index contributed by atoms with van der Waals surface area (Å²) in [5.74, 6) is 0.798. The van der Waals surface area contributed by atoms with Crippen LogP contribution in [0.1, 0.15) is 44.1 Å².